The fourth-order valence-electron chi connectivity index (χ4n) is 8.65. The summed E-state index contributed by atoms with van der Waals surface area (Å²) in [6.07, 6.45) is 0. The Kier molecular flexibility index (Phi) is 5.54. The third-order valence-corrected chi connectivity index (χ3v) is 10.7. The molecule has 7 aromatic rings. The van der Waals surface area contributed by atoms with Crippen molar-refractivity contribution in [3.8, 4) is 0 Å². The molecule has 0 unspecified atom stereocenters. The molecule has 0 amide bonds. The van der Waals surface area contributed by atoms with Crippen LogP contribution in [0.1, 0.15) is 31.8 Å². The largest absolute Gasteiger partial charge is 0.311 e. The molecule has 0 saturated carbocycles. The lowest BCUT2D eigenvalue weighted by Crippen LogP contribution is -2.57. The first-order valence-electron chi connectivity index (χ1n) is 19.9. The smallest absolute Gasteiger partial charge is 0.248 e. The van der Waals surface area contributed by atoms with Gasteiger partial charge in [-0.25, -0.2) is 0 Å². The van der Waals surface area contributed by atoms with Crippen molar-refractivity contribution in [2.24, 2.45) is 0 Å². The second kappa shape index (κ2) is 11.4. The Bertz CT molecular complexity index is 2690. The van der Waals surface area contributed by atoms with Gasteiger partial charge in [-0.2, -0.15) is 0 Å². The first-order chi connectivity index (χ1) is 27.2. The van der Waals surface area contributed by atoms with E-state index in [0.29, 0.717) is 0 Å². The number of rotatable bonds is 5. The third kappa shape index (κ3) is 4.39. The standard InChI is InChI=1S/C47H36BN3/c1-47(2)39-27-16-15-26-38(39)45-46(47)48-40-32-37(49(33-18-7-3-8-19-33)34-20-9-4-10-21-34)30-31-41(40)50(35-22-11-5-12-23-35)42-28-17-29-43(44(42)48)51(45)36-24-13-6-14-25-36/h3-32H,1-2H3/i6D,13D,14D,24D,25D. The van der Waals surface area contributed by atoms with Crippen LogP contribution in [0.25, 0.3) is 5.70 Å². The molecule has 2 heterocycles. The summed E-state index contributed by atoms with van der Waals surface area (Å²) < 4.78 is 44.6. The van der Waals surface area contributed by atoms with E-state index in [1.807, 2.05) is 53.4 Å². The first-order valence-corrected chi connectivity index (χ1v) is 17.4. The van der Waals surface area contributed by atoms with Gasteiger partial charge in [0.1, 0.15) is 0 Å². The van der Waals surface area contributed by atoms with E-state index in [-0.39, 0.29) is 36.6 Å². The van der Waals surface area contributed by atoms with Crippen LogP contribution >= 0.6 is 0 Å². The zero-order valence-corrected chi connectivity index (χ0v) is 28.4. The first kappa shape index (κ1) is 24.8. The minimum Gasteiger partial charge on any atom is -0.311 e. The molecule has 0 bridgehead atoms. The zero-order valence-electron chi connectivity index (χ0n) is 33.4. The normalized spacial score (nSPS) is 16.2. The van der Waals surface area contributed by atoms with Gasteiger partial charge in [0.25, 0.3) is 0 Å². The van der Waals surface area contributed by atoms with Gasteiger partial charge >= 0.3 is 0 Å². The van der Waals surface area contributed by atoms with Crippen LogP contribution in [0.4, 0.5) is 45.5 Å². The number of anilines is 8. The lowest BCUT2D eigenvalue weighted by atomic mass is 9.30. The van der Waals surface area contributed by atoms with Gasteiger partial charge in [-0.3, -0.25) is 0 Å². The molecule has 0 atom stereocenters. The monoisotopic (exact) mass is 658 g/mol. The summed E-state index contributed by atoms with van der Waals surface area (Å²) in [5, 5.41) is 0. The van der Waals surface area contributed by atoms with E-state index in [4.69, 9.17) is 4.11 Å². The zero-order chi connectivity index (χ0) is 38.5. The second-order valence-electron chi connectivity index (χ2n) is 13.8. The van der Waals surface area contributed by atoms with Gasteiger partial charge in [0, 0.05) is 62.2 Å². The summed E-state index contributed by atoms with van der Waals surface area (Å²) in [6.45, 7) is 4.28. The second-order valence-corrected chi connectivity index (χ2v) is 13.8. The number of fused-ring (bicyclic) bond motifs is 5. The number of hydrogen-bond donors (Lipinski definition) is 0. The van der Waals surface area contributed by atoms with E-state index >= 15 is 0 Å². The maximum absolute atomic E-state index is 9.29. The average Bonchev–Trinajstić information content (AvgIpc) is 3.47. The van der Waals surface area contributed by atoms with E-state index in [9.17, 15) is 2.74 Å². The fraction of sp³-hybridized carbons (Fsp3) is 0.0638. The maximum atomic E-state index is 9.29. The predicted octanol–water partition coefficient (Wildman–Crippen LogP) is 10.9. The molecule has 3 aliphatic rings. The molecule has 0 saturated heterocycles. The van der Waals surface area contributed by atoms with E-state index in [0.717, 1.165) is 73.0 Å². The van der Waals surface area contributed by atoms with Gasteiger partial charge < -0.3 is 14.7 Å². The van der Waals surface area contributed by atoms with Gasteiger partial charge in [-0.15, -0.1) is 0 Å². The minimum absolute atomic E-state index is 0.146. The molecule has 2 aliphatic heterocycles. The van der Waals surface area contributed by atoms with Crippen molar-refractivity contribution in [1.29, 1.82) is 0 Å². The lowest BCUT2D eigenvalue weighted by Gasteiger charge is -2.46. The highest BCUT2D eigenvalue weighted by Gasteiger charge is 2.52. The summed E-state index contributed by atoms with van der Waals surface area (Å²) in [6, 6.07) is 51.0. The summed E-state index contributed by atoms with van der Waals surface area (Å²) in [4.78, 5) is 6.57. The van der Waals surface area contributed by atoms with Crippen LogP contribution in [0.5, 0.6) is 0 Å². The SMILES string of the molecule is [2H]c1c([2H])c([2H])c(N2C3=C(B4c5cc(N(c6ccccc6)c6ccccc6)ccc5N(c5ccccc5)c5cccc2c54)C(C)(C)c2ccccc23)c([2H])c1[2H]. The van der Waals surface area contributed by atoms with Crippen LogP contribution in [0.2, 0.25) is 0 Å². The summed E-state index contributed by atoms with van der Waals surface area (Å²) in [5.74, 6) is 0. The fourth-order valence-corrected chi connectivity index (χ4v) is 8.65. The predicted molar refractivity (Wildman–Crippen MR) is 216 cm³/mol. The molecular formula is C47H36BN3. The summed E-state index contributed by atoms with van der Waals surface area (Å²) in [7, 11) is 0. The Labute approximate surface area is 307 Å². The molecular weight excluding hydrogens is 617 g/mol. The topological polar surface area (TPSA) is 9.72 Å². The van der Waals surface area contributed by atoms with Gasteiger partial charge in [-0.1, -0.05) is 122 Å². The molecule has 0 spiro atoms. The molecule has 242 valence electrons. The van der Waals surface area contributed by atoms with Crippen molar-refractivity contribution in [2.45, 2.75) is 19.3 Å². The van der Waals surface area contributed by atoms with Crippen molar-refractivity contribution < 1.29 is 6.85 Å². The van der Waals surface area contributed by atoms with Crippen molar-refractivity contribution >= 4 is 68.8 Å². The lowest BCUT2D eigenvalue weighted by molar-refractivity contribution is 0.666. The van der Waals surface area contributed by atoms with Crippen LogP contribution in [-0.4, -0.2) is 6.71 Å². The Morgan fingerprint density at radius 3 is 1.84 bits per heavy atom. The quantitative estimate of drug-likeness (QED) is 0.171. The molecule has 1 aliphatic carbocycles. The molecule has 10 rings (SSSR count). The molecule has 7 aromatic carbocycles. The Morgan fingerprint density at radius 1 is 0.549 bits per heavy atom. The number of hydrogen-bond acceptors (Lipinski definition) is 3. The van der Waals surface area contributed by atoms with Crippen LogP contribution in [0, 0.1) is 0 Å². The highest BCUT2D eigenvalue weighted by molar-refractivity contribution is 6.96. The molecule has 0 N–H and O–H groups in total. The van der Waals surface area contributed by atoms with Gasteiger partial charge in [0.2, 0.25) is 6.71 Å². The molecule has 4 heteroatoms. The molecule has 0 radical (unpaired) electrons. The number of para-hydroxylation sites is 4. The van der Waals surface area contributed by atoms with Crippen LogP contribution < -0.4 is 25.6 Å². The molecule has 3 nitrogen and oxygen atoms in total. The molecule has 51 heavy (non-hydrogen) atoms. The van der Waals surface area contributed by atoms with E-state index < -0.39 is 11.5 Å². The number of nitrogens with zero attached hydrogens (tertiary/aromatic N) is 3. The van der Waals surface area contributed by atoms with E-state index in [2.05, 4.69) is 127 Å². The van der Waals surface area contributed by atoms with Crippen LogP contribution in [0.15, 0.2) is 187 Å². The van der Waals surface area contributed by atoms with E-state index in [1.54, 1.807) is 0 Å². The minimum atomic E-state index is -0.492. The van der Waals surface area contributed by atoms with Crippen molar-refractivity contribution in [3.05, 3.63) is 198 Å². The van der Waals surface area contributed by atoms with Gasteiger partial charge in [0.15, 0.2) is 0 Å². The Morgan fingerprint density at radius 2 is 1.16 bits per heavy atom. The van der Waals surface area contributed by atoms with Crippen LogP contribution in [0.3, 0.4) is 0 Å². The number of allylic oxidation sites excluding steroid dienone is 1. The molecule has 0 aromatic heterocycles. The highest BCUT2D eigenvalue weighted by Crippen LogP contribution is 2.55. The van der Waals surface area contributed by atoms with Gasteiger partial charge in [-0.05, 0) is 95.3 Å². The highest BCUT2D eigenvalue weighted by atomic mass is 15.2. The van der Waals surface area contributed by atoms with Crippen LogP contribution in [-0.2, 0) is 5.41 Å². The van der Waals surface area contributed by atoms with Gasteiger partial charge in [0.05, 0.1) is 6.85 Å². The van der Waals surface area contributed by atoms with Crippen molar-refractivity contribution in [1.82, 2.24) is 0 Å². The summed E-state index contributed by atoms with van der Waals surface area (Å²) >= 11 is 0. The Balaban J connectivity index is 1.33. The average molecular weight is 659 g/mol. The summed E-state index contributed by atoms with van der Waals surface area (Å²) in [5.41, 5.74) is 12.9. The Hall–Kier alpha value is -6.26. The number of benzene rings is 7. The third-order valence-electron chi connectivity index (χ3n) is 10.7. The van der Waals surface area contributed by atoms with E-state index in [1.165, 1.54) is 0 Å². The van der Waals surface area contributed by atoms with Crippen molar-refractivity contribution in [3.63, 3.8) is 0 Å². The van der Waals surface area contributed by atoms with Crippen molar-refractivity contribution in [2.75, 3.05) is 14.7 Å². The maximum Gasteiger partial charge on any atom is 0.248 e. The molecule has 0 fully saturated rings.